The van der Waals surface area contributed by atoms with Gasteiger partial charge < -0.3 is 26.0 Å². The van der Waals surface area contributed by atoms with Crippen molar-refractivity contribution >= 4 is 34.3 Å². The van der Waals surface area contributed by atoms with E-state index in [1.807, 2.05) is 18.2 Å². The molecule has 10 heteroatoms. The molecule has 200 valence electrons. The quantitative estimate of drug-likeness (QED) is 0.295. The minimum atomic E-state index is -1.29. The zero-order valence-electron chi connectivity index (χ0n) is 21.3. The van der Waals surface area contributed by atoms with E-state index >= 15 is 0 Å². The fourth-order valence-electron chi connectivity index (χ4n) is 5.22. The fraction of sp³-hybridized carbons (Fsp3) is 0.133. The van der Waals surface area contributed by atoms with Crippen molar-refractivity contribution in [2.24, 2.45) is 0 Å². The van der Waals surface area contributed by atoms with E-state index < -0.39 is 11.4 Å². The van der Waals surface area contributed by atoms with Crippen molar-refractivity contribution in [1.82, 2.24) is 14.5 Å². The van der Waals surface area contributed by atoms with Crippen molar-refractivity contribution in [2.45, 2.75) is 19.5 Å². The predicted molar refractivity (Wildman–Crippen MR) is 152 cm³/mol. The molecule has 0 unspecified atom stereocenters. The van der Waals surface area contributed by atoms with Crippen molar-refractivity contribution in [3.63, 3.8) is 0 Å². The highest BCUT2D eigenvalue weighted by Gasteiger charge is 2.22. The lowest BCUT2D eigenvalue weighted by molar-refractivity contribution is 0.0695. The molecule has 5 aromatic rings. The van der Waals surface area contributed by atoms with Crippen LogP contribution in [0.4, 0.5) is 21.8 Å². The zero-order chi connectivity index (χ0) is 28.0. The van der Waals surface area contributed by atoms with Crippen molar-refractivity contribution < 1.29 is 14.3 Å². The van der Waals surface area contributed by atoms with Crippen LogP contribution in [0.15, 0.2) is 77.9 Å². The number of benzene rings is 3. The van der Waals surface area contributed by atoms with E-state index in [-0.39, 0.29) is 23.9 Å². The Kier molecular flexibility index (Phi) is 6.14. The van der Waals surface area contributed by atoms with Gasteiger partial charge in [0.2, 0.25) is 11.4 Å². The van der Waals surface area contributed by atoms with E-state index in [0.29, 0.717) is 23.3 Å². The van der Waals surface area contributed by atoms with Crippen LogP contribution in [-0.2, 0) is 19.5 Å². The minimum Gasteiger partial charge on any atom is -0.477 e. The first-order valence-corrected chi connectivity index (χ1v) is 12.7. The fourth-order valence-corrected chi connectivity index (χ4v) is 5.22. The van der Waals surface area contributed by atoms with Gasteiger partial charge in [-0.05, 0) is 65.1 Å². The lowest BCUT2D eigenvalue weighted by atomic mass is 9.99. The number of fused-ring (bicyclic) bond motifs is 2. The first-order valence-electron chi connectivity index (χ1n) is 12.7. The molecule has 0 atom stereocenters. The molecule has 6 rings (SSSR count). The molecule has 5 N–H and O–H groups in total. The molecule has 0 saturated carbocycles. The monoisotopic (exact) mass is 536 g/mol. The number of anilines is 3. The second-order valence-electron chi connectivity index (χ2n) is 9.82. The minimum absolute atomic E-state index is 0.144. The SMILES string of the molecule is Nc1ncc(CN2CCc3cc(-c4ccc5c(=O)c(C(=O)O)cn(Cc6ccc(F)cc6)c5c4)ccc32)c(N)n1. The molecule has 0 amide bonds. The Morgan fingerprint density at radius 1 is 1.00 bits per heavy atom. The second kappa shape index (κ2) is 9.81. The van der Waals surface area contributed by atoms with Crippen LogP contribution >= 0.6 is 0 Å². The Labute approximate surface area is 228 Å². The summed E-state index contributed by atoms with van der Waals surface area (Å²) in [6, 6.07) is 17.6. The van der Waals surface area contributed by atoms with E-state index in [1.165, 1.54) is 23.9 Å². The van der Waals surface area contributed by atoms with Crippen molar-refractivity contribution in [3.05, 3.63) is 111 Å². The molecule has 0 spiro atoms. The number of halogens is 1. The predicted octanol–water partition coefficient (Wildman–Crippen LogP) is 4.07. The number of hydrogen-bond donors (Lipinski definition) is 3. The summed E-state index contributed by atoms with van der Waals surface area (Å²) < 4.78 is 15.2. The number of rotatable bonds is 6. The average molecular weight is 537 g/mol. The van der Waals surface area contributed by atoms with Gasteiger partial charge in [0.25, 0.3) is 0 Å². The Hall–Kier alpha value is -5.25. The van der Waals surface area contributed by atoms with E-state index in [1.54, 1.807) is 29.0 Å². The lowest BCUT2D eigenvalue weighted by Gasteiger charge is -2.20. The molecule has 9 nitrogen and oxygen atoms in total. The van der Waals surface area contributed by atoms with E-state index in [2.05, 4.69) is 27.0 Å². The normalized spacial score (nSPS) is 12.6. The van der Waals surface area contributed by atoms with E-state index in [4.69, 9.17) is 11.5 Å². The van der Waals surface area contributed by atoms with Crippen LogP contribution in [0.5, 0.6) is 0 Å². The molecular weight excluding hydrogens is 511 g/mol. The van der Waals surface area contributed by atoms with Gasteiger partial charge in [-0.2, -0.15) is 4.98 Å². The third kappa shape index (κ3) is 4.60. The van der Waals surface area contributed by atoms with Crippen LogP contribution in [0, 0.1) is 5.82 Å². The summed E-state index contributed by atoms with van der Waals surface area (Å²) in [5.74, 6) is -1.14. The smallest absolute Gasteiger partial charge is 0.341 e. The summed E-state index contributed by atoms with van der Waals surface area (Å²) in [6.45, 7) is 1.66. The highest BCUT2D eigenvalue weighted by Crippen LogP contribution is 2.34. The topological polar surface area (TPSA) is 140 Å². The van der Waals surface area contributed by atoms with Crippen LogP contribution in [0.3, 0.4) is 0 Å². The van der Waals surface area contributed by atoms with Gasteiger partial charge in [-0.3, -0.25) is 4.79 Å². The van der Waals surface area contributed by atoms with E-state index in [0.717, 1.165) is 40.9 Å². The number of aromatic carboxylic acids is 1. The van der Waals surface area contributed by atoms with Crippen molar-refractivity contribution in [2.75, 3.05) is 22.9 Å². The zero-order valence-corrected chi connectivity index (χ0v) is 21.3. The Morgan fingerprint density at radius 3 is 2.50 bits per heavy atom. The summed E-state index contributed by atoms with van der Waals surface area (Å²) in [7, 11) is 0. The molecular formula is C30H25FN6O3. The molecule has 1 aliphatic heterocycles. The Balaban J connectivity index is 1.37. The lowest BCUT2D eigenvalue weighted by Crippen LogP contribution is -2.21. The number of carboxylic acids is 1. The first kappa shape index (κ1) is 25.1. The van der Waals surface area contributed by atoms with Crippen LogP contribution < -0.4 is 21.8 Å². The van der Waals surface area contributed by atoms with Gasteiger partial charge in [0.15, 0.2) is 0 Å². The number of nitrogens with zero attached hydrogens (tertiary/aromatic N) is 4. The number of nitrogen functional groups attached to an aromatic ring is 2. The Morgan fingerprint density at radius 2 is 1.75 bits per heavy atom. The second-order valence-corrected chi connectivity index (χ2v) is 9.82. The standard InChI is InChI=1S/C30H25FN6O3/c31-22-5-1-17(2-6-22)14-37-16-24(29(39)40)27(38)23-7-3-19(12-26(23)37)18-4-8-25-20(11-18)9-10-36(25)15-21-13-34-30(33)35-28(21)32/h1-8,11-13,16H,9-10,14-15H2,(H,39,40)(H4,32,33,34,35). The third-order valence-electron chi connectivity index (χ3n) is 7.26. The van der Waals surface area contributed by atoms with Crippen LogP contribution in [0.1, 0.15) is 27.0 Å². The largest absolute Gasteiger partial charge is 0.477 e. The van der Waals surface area contributed by atoms with E-state index in [9.17, 15) is 19.1 Å². The molecule has 0 saturated heterocycles. The molecule has 2 aromatic heterocycles. The molecule has 0 fully saturated rings. The van der Waals surface area contributed by atoms with Gasteiger partial charge in [0, 0.05) is 48.7 Å². The van der Waals surface area contributed by atoms with Gasteiger partial charge in [0.05, 0.1) is 5.52 Å². The van der Waals surface area contributed by atoms with Gasteiger partial charge >= 0.3 is 5.97 Å². The maximum absolute atomic E-state index is 13.5. The van der Waals surface area contributed by atoms with Gasteiger partial charge in [0.1, 0.15) is 17.2 Å². The van der Waals surface area contributed by atoms with Crippen LogP contribution in [-0.4, -0.2) is 32.2 Å². The highest BCUT2D eigenvalue weighted by molar-refractivity contribution is 5.94. The molecule has 40 heavy (non-hydrogen) atoms. The first-order chi connectivity index (χ1) is 19.3. The van der Waals surface area contributed by atoms with Crippen molar-refractivity contribution in [1.29, 1.82) is 0 Å². The average Bonchev–Trinajstić information content (AvgIpc) is 3.34. The Bertz CT molecular complexity index is 1850. The number of nitrogens with two attached hydrogens (primary N) is 2. The number of pyridine rings is 1. The molecule has 0 aliphatic carbocycles. The van der Waals surface area contributed by atoms with Gasteiger partial charge in [-0.1, -0.05) is 24.3 Å². The number of hydrogen-bond acceptors (Lipinski definition) is 7. The highest BCUT2D eigenvalue weighted by atomic mass is 19.1. The maximum Gasteiger partial charge on any atom is 0.341 e. The number of carbonyl (C=O) groups is 1. The van der Waals surface area contributed by atoms with Crippen LogP contribution in [0.25, 0.3) is 22.0 Å². The number of aromatic nitrogens is 3. The molecule has 3 aromatic carbocycles. The van der Waals surface area contributed by atoms with Gasteiger partial charge in [-0.25, -0.2) is 14.2 Å². The number of carboxylic acid groups (broad SMARTS) is 1. The third-order valence-corrected chi connectivity index (χ3v) is 7.26. The van der Waals surface area contributed by atoms with Gasteiger partial charge in [-0.15, -0.1) is 0 Å². The molecule has 0 radical (unpaired) electrons. The summed E-state index contributed by atoms with van der Waals surface area (Å²) >= 11 is 0. The molecule has 3 heterocycles. The summed E-state index contributed by atoms with van der Waals surface area (Å²) in [6.07, 6.45) is 3.86. The van der Waals surface area contributed by atoms with Crippen LogP contribution in [0.2, 0.25) is 0 Å². The molecule has 0 bridgehead atoms. The van der Waals surface area contributed by atoms with Crippen molar-refractivity contribution in [3.8, 4) is 11.1 Å². The molecule has 1 aliphatic rings. The maximum atomic E-state index is 13.5. The summed E-state index contributed by atoms with van der Waals surface area (Å²) in [4.78, 5) is 35.1. The summed E-state index contributed by atoms with van der Waals surface area (Å²) in [5, 5.41) is 9.94. The summed E-state index contributed by atoms with van der Waals surface area (Å²) in [5.41, 5.74) is 17.1.